The van der Waals surface area contributed by atoms with Crippen molar-refractivity contribution in [2.45, 2.75) is 13.3 Å². The topological polar surface area (TPSA) is 106 Å². The van der Waals surface area contributed by atoms with Crippen LogP contribution in [-0.4, -0.2) is 21.0 Å². The predicted molar refractivity (Wildman–Crippen MR) is 131 cm³/mol. The van der Waals surface area contributed by atoms with Crippen LogP contribution in [0.4, 0.5) is 22.0 Å². The molecule has 0 radical (unpaired) electrons. The summed E-state index contributed by atoms with van der Waals surface area (Å²) in [5, 5.41) is 7.59. The van der Waals surface area contributed by atoms with Crippen LogP contribution >= 0.6 is 11.3 Å². The van der Waals surface area contributed by atoms with Crippen LogP contribution < -0.4 is 16.4 Å². The largest absolute Gasteiger partial charge is 0.383 e. The fourth-order valence-electron chi connectivity index (χ4n) is 3.72. The molecule has 5 aromatic rings. The number of pyridine rings is 1. The van der Waals surface area contributed by atoms with E-state index in [0.29, 0.717) is 17.2 Å². The standard InChI is InChI=1S/C24H20N6OS/c1-2-19-20(21-22(25)27-13-28-23(21)32-19)14-5-7-16(8-6-14)29-24(31)30-17-9-10-18-15(12-17)4-3-11-26-18/h3-13H,2H2,1H3,(H2,25,27,28)(H2,29,30,31). The zero-order chi connectivity index (χ0) is 22.1. The van der Waals surface area contributed by atoms with E-state index >= 15 is 0 Å². The van der Waals surface area contributed by atoms with Gasteiger partial charge in [0.2, 0.25) is 0 Å². The average molecular weight is 441 g/mol. The van der Waals surface area contributed by atoms with E-state index in [1.54, 1.807) is 17.5 Å². The molecule has 0 unspecified atom stereocenters. The van der Waals surface area contributed by atoms with Crippen LogP contribution in [0, 0.1) is 0 Å². The molecular weight excluding hydrogens is 420 g/mol. The third-order valence-corrected chi connectivity index (χ3v) is 6.45. The summed E-state index contributed by atoms with van der Waals surface area (Å²) in [7, 11) is 0. The van der Waals surface area contributed by atoms with Crippen molar-refractivity contribution in [2.24, 2.45) is 0 Å². The summed E-state index contributed by atoms with van der Waals surface area (Å²) in [5.41, 5.74) is 10.5. The molecule has 0 atom stereocenters. The van der Waals surface area contributed by atoms with Crippen LogP contribution in [0.5, 0.6) is 0 Å². The summed E-state index contributed by atoms with van der Waals surface area (Å²) >= 11 is 1.63. The van der Waals surface area contributed by atoms with E-state index in [9.17, 15) is 4.79 Å². The molecule has 4 N–H and O–H groups in total. The van der Waals surface area contributed by atoms with E-state index < -0.39 is 0 Å². The molecule has 2 aromatic carbocycles. The smallest absolute Gasteiger partial charge is 0.323 e. The molecule has 0 aliphatic heterocycles. The zero-order valence-electron chi connectivity index (χ0n) is 17.3. The van der Waals surface area contributed by atoms with Gasteiger partial charge in [0.05, 0.1) is 10.9 Å². The van der Waals surface area contributed by atoms with E-state index in [0.717, 1.165) is 38.7 Å². The fraction of sp³-hybridized carbons (Fsp3) is 0.0833. The lowest BCUT2D eigenvalue weighted by molar-refractivity contribution is 0.262. The highest BCUT2D eigenvalue weighted by atomic mass is 32.1. The number of hydrogen-bond acceptors (Lipinski definition) is 6. The van der Waals surface area contributed by atoms with Gasteiger partial charge < -0.3 is 16.4 Å². The average Bonchev–Trinajstić information content (AvgIpc) is 3.19. The molecule has 0 spiro atoms. The monoisotopic (exact) mass is 440 g/mol. The van der Waals surface area contributed by atoms with Crippen molar-refractivity contribution in [2.75, 3.05) is 16.4 Å². The van der Waals surface area contributed by atoms with Crippen LogP contribution in [0.2, 0.25) is 0 Å². The summed E-state index contributed by atoms with van der Waals surface area (Å²) in [6, 6.07) is 16.8. The zero-order valence-corrected chi connectivity index (χ0v) is 18.1. The van der Waals surface area contributed by atoms with E-state index in [2.05, 4.69) is 32.5 Å². The molecule has 0 fully saturated rings. The van der Waals surface area contributed by atoms with Crippen molar-refractivity contribution in [3.63, 3.8) is 0 Å². The van der Waals surface area contributed by atoms with Gasteiger partial charge in [-0.1, -0.05) is 25.1 Å². The first kappa shape index (κ1) is 19.9. The SMILES string of the molecule is CCc1sc2ncnc(N)c2c1-c1ccc(NC(=O)Nc2ccc3ncccc3c2)cc1. The molecule has 0 saturated carbocycles. The number of amides is 2. The van der Waals surface area contributed by atoms with Crippen molar-refractivity contribution in [1.29, 1.82) is 0 Å². The molecular formula is C24H20N6OS. The molecule has 158 valence electrons. The molecule has 5 rings (SSSR count). The summed E-state index contributed by atoms with van der Waals surface area (Å²) in [5.74, 6) is 0.480. The number of rotatable bonds is 4. The summed E-state index contributed by atoms with van der Waals surface area (Å²) < 4.78 is 0. The first-order valence-corrected chi connectivity index (χ1v) is 11.0. The van der Waals surface area contributed by atoms with Gasteiger partial charge in [-0.3, -0.25) is 4.98 Å². The fourth-order valence-corrected chi connectivity index (χ4v) is 4.83. The summed E-state index contributed by atoms with van der Waals surface area (Å²) in [6.45, 7) is 2.11. The van der Waals surface area contributed by atoms with Crippen LogP contribution in [0.1, 0.15) is 11.8 Å². The number of urea groups is 1. The number of carbonyl (C=O) groups is 1. The van der Waals surface area contributed by atoms with Gasteiger partial charge in [-0.2, -0.15) is 0 Å². The van der Waals surface area contributed by atoms with E-state index in [1.165, 1.54) is 11.2 Å². The quantitative estimate of drug-likeness (QED) is 0.333. The highest BCUT2D eigenvalue weighted by Gasteiger charge is 2.17. The van der Waals surface area contributed by atoms with Gasteiger partial charge in [-0.05, 0) is 48.4 Å². The van der Waals surface area contributed by atoms with Crippen LogP contribution in [0.25, 0.3) is 32.2 Å². The van der Waals surface area contributed by atoms with Gasteiger partial charge in [0.1, 0.15) is 17.0 Å². The Labute approximate surface area is 188 Å². The normalized spacial score (nSPS) is 11.0. The molecule has 32 heavy (non-hydrogen) atoms. The Morgan fingerprint density at radius 3 is 2.59 bits per heavy atom. The Bertz CT molecular complexity index is 1440. The molecule has 3 aromatic heterocycles. The maximum Gasteiger partial charge on any atom is 0.323 e. The predicted octanol–water partition coefficient (Wildman–Crippen LogP) is 5.70. The number of thiophene rings is 1. The molecule has 3 heterocycles. The first-order valence-electron chi connectivity index (χ1n) is 10.2. The molecule has 8 heteroatoms. The molecule has 2 amide bonds. The number of benzene rings is 2. The number of carbonyl (C=O) groups excluding carboxylic acids is 1. The van der Waals surface area contributed by atoms with E-state index in [-0.39, 0.29) is 6.03 Å². The Kier molecular flexibility index (Phi) is 5.12. The Balaban J connectivity index is 1.36. The summed E-state index contributed by atoms with van der Waals surface area (Å²) in [6.07, 6.45) is 4.12. The number of hydrogen-bond donors (Lipinski definition) is 3. The summed E-state index contributed by atoms with van der Waals surface area (Å²) in [4.78, 5) is 27.4. The number of fused-ring (bicyclic) bond motifs is 2. The minimum Gasteiger partial charge on any atom is -0.383 e. The van der Waals surface area contributed by atoms with Crippen LogP contribution in [0.15, 0.2) is 67.1 Å². The van der Waals surface area contributed by atoms with Crippen molar-refractivity contribution in [1.82, 2.24) is 15.0 Å². The van der Waals surface area contributed by atoms with Crippen molar-refractivity contribution >= 4 is 55.7 Å². The highest BCUT2D eigenvalue weighted by molar-refractivity contribution is 7.19. The molecule has 0 bridgehead atoms. The lowest BCUT2D eigenvalue weighted by Gasteiger charge is -2.10. The van der Waals surface area contributed by atoms with Crippen molar-refractivity contribution in [3.8, 4) is 11.1 Å². The van der Waals surface area contributed by atoms with Gasteiger partial charge in [-0.15, -0.1) is 11.3 Å². The van der Waals surface area contributed by atoms with E-state index in [1.807, 2.05) is 54.6 Å². The number of aromatic nitrogens is 3. The maximum absolute atomic E-state index is 12.5. The molecule has 0 aliphatic rings. The third-order valence-electron chi connectivity index (χ3n) is 5.20. The minimum absolute atomic E-state index is 0.311. The third kappa shape index (κ3) is 3.72. The highest BCUT2D eigenvalue weighted by Crippen LogP contribution is 2.40. The second-order valence-electron chi connectivity index (χ2n) is 7.26. The van der Waals surface area contributed by atoms with Crippen molar-refractivity contribution < 1.29 is 4.79 Å². The number of nitrogens with two attached hydrogens (primary N) is 1. The van der Waals surface area contributed by atoms with Gasteiger partial charge in [0, 0.05) is 33.4 Å². The van der Waals surface area contributed by atoms with Crippen molar-refractivity contribution in [3.05, 3.63) is 72.0 Å². The number of anilines is 3. The first-order chi connectivity index (χ1) is 15.6. The maximum atomic E-state index is 12.5. The molecule has 0 saturated heterocycles. The van der Waals surface area contributed by atoms with Crippen LogP contribution in [-0.2, 0) is 6.42 Å². The lowest BCUT2D eigenvalue weighted by atomic mass is 10.0. The number of nitrogen functional groups attached to an aromatic ring is 1. The minimum atomic E-state index is -0.311. The second-order valence-corrected chi connectivity index (χ2v) is 8.34. The number of nitrogens with zero attached hydrogens (tertiary/aromatic N) is 3. The number of aryl methyl sites for hydroxylation is 1. The van der Waals surface area contributed by atoms with E-state index in [4.69, 9.17) is 5.73 Å². The van der Waals surface area contributed by atoms with Crippen LogP contribution in [0.3, 0.4) is 0 Å². The van der Waals surface area contributed by atoms with Gasteiger partial charge >= 0.3 is 6.03 Å². The van der Waals surface area contributed by atoms with Gasteiger partial charge in [0.25, 0.3) is 0 Å². The van der Waals surface area contributed by atoms with Gasteiger partial charge in [-0.25, -0.2) is 14.8 Å². The Morgan fingerprint density at radius 1 is 1.00 bits per heavy atom. The number of nitrogens with one attached hydrogen (secondary N) is 2. The lowest BCUT2D eigenvalue weighted by Crippen LogP contribution is -2.19. The Morgan fingerprint density at radius 2 is 1.78 bits per heavy atom. The molecule has 0 aliphatic carbocycles. The Hall–Kier alpha value is -4.04. The second kappa shape index (κ2) is 8.24. The van der Waals surface area contributed by atoms with Gasteiger partial charge in [0.15, 0.2) is 0 Å². The molecule has 7 nitrogen and oxygen atoms in total.